The summed E-state index contributed by atoms with van der Waals surface area (Å²) in [7, 11) is 0. The molecule has 0 fully saturated rings. The number of carbonyl (C=O) groups is 1. The molecule has 0 unspecified atom stereocenters. The number of phenolic OH excluding ortho intramolecular Hbond substituents is 1. The largest absolute Gasteiger partial charge is 0.504 e. The second-order valence-corrected chi connectivity index (χ2v) is 4.35. The first kappa shape index (κ1) is 15.4. The number of ether oxygens (including phenoxy) is 1. The average molecular weight is 299 g/mol. The van der Waals surface area contributed by atoms with Gasteiger partial charge in [-0.1, -0.05) is 48.2 Å². The van der Waals surface area contributed by atoms with Gasteiger partial charge < -0.3 is 15.2 Å². The maximum atomic E-state index is 13.1. The number of alkyl carbamates (subject to hydrolysis) is 1. The molecule has 112 valence electrons. The van der Waals surface area contributed by atoms with Crippen molar-refractivity contribution < 1.29 is 19.0 Å². The second kappa shape index (κ2) is 7.70. The van der Waals surface area contributed by atoms with Crippen molar-refractivity contribution in [1.82, 2.24) is 5.32 Å². The quantitative estimate of drug-likeness (QED) is 0.857. The summed E-state index contributed by atoms with van der Waals surface area (Å²) in [4.78, 5) is 11.4. The van der Waals surface area contributed by atoms with E-state index in [2.05, 4.69) is 17.2 Å². The predicted molar refractivity (Wildman–Crippen MR) is 79.6 cm³/mol. The van der Waals surface area contributed by atoms with Gasteiger partial charge in [0.15, 0.2) is 11.6 Å². The summed E-state index contributed by atoms with van der Waals surface area (Å²) in [5, 5.41) is 11.9. The van der Waals surface area contributed by atoms with Crippen LogP contribution in [0.1, 0.15) is 11.1 Å². The van der Waals surface area contributed by atoms with E-state index < -0.39 is 17.7 Å². The fourth-order valence-corrected chi connectivity index (χ4v) is 1.65. The van der Waals surface area contributed by atoms with Crippen molar-refractivity contribution in [2.75, 3.05) is 6.54 Å². The zero-order valence-corrected chi connectivity index (χ0v) is 11.7. The molecule has 2 rings (SSSR count). The van der Waals surface area contributed by atoms with Gasteiger partial charge in [0.1, 0.15) is 6.61 Å². The number of hydrogen-bond acceptors (Lipinski definition) is 3. The van der Waals surface area contributed by atoms with Gasteiger partial charge >= 0.3 is 6.09 Å². The minimum Gasteiger partial charge on any atom is -0.504 e. The molecule has 1 amide bonds. The van der Waals surface area contributed by atoms with Crippen LogP contribution in [0.15, 0.2) is 48.5 Å². The van der Waals surface area contributed by atoms with Gasteiger partial charge in [0.25, 0.3) is 0 Å². The lowest BCUT2D eigenvalue weighted by atomic mass is 10.2. The van der Waals surface area contributed by atoms with Crippen molar-refractivity contribution in [3.8, 4) is 17.6 Å². The third-order valence-corrected chi connectivity index (χ3v) is 2.74. The van der Waals surface area contributed by atoms with Crippen LogP contribution in [0.5, 0.6) is 5.75 Å². The molecular formula is C17H14FNO3. The van der Waals surface area contributed by atoms with E-state index in [1.54, 1.807) is 0 Å². The summed E-state index contributed by atoms with van der Waals surface area (Å²) in [6.45, 7) is 0.203. The van der Waals surface area contributed by atoms with Gasteiger partial charge in [-0.05, 0) is 17.7 Å². The third-order valence-electron chi connectivity index (χ3n) is 2.74. The van der Waals surface area contributed by atoms with Crippen molar-refractivity contribution in [3.05, 3.63) is 65.5 Å². The molecule has 4 nitrogen and oxygen atoms in total. The smallest absolute Gasteiger partial charge is 0.408 e. The monoisotopic (exact) mass is 299 g/mol. The SMILES string of the molecule is O=C(NCC#Cc1cccc(F)c1O)OCc1ccccc1. The summed E-state index contributed by atoms with van der Waals surface area (Å²) in [6, 6.07) is 13.3. The molecule has 5 heteroatoms. The minimum atomic E-state index is -0.734. The van der Waals surface area contributed by atoms with Crippen LogP contribution in [0.25, 0.3) is 0 Å². The fourth-order valence-electron chi connectivity index (χ4n) is 1.65. The number of para-hydroxylation sites is 1. The Morgan fingerprint density at radius 3 is 2.73 bits per heavy atom. The Morgan fingerprint density at radius 1 is 1.18 bits per heavy atom. The van der Waals surface area contributed by atoms with Crippen LogP contribution in [-0.4, -0.2) is 17.7 Å². The molecule has 2 N–H and O–H groups in total. The Labute approximate surface area is 127 Å². The minimum absolute atomic E-state index is 0.0313. The number of aromatic hydroxyl groups is 1. The van der Waals surface area contributed by atoms with Crippen molar-refractivity contribution in [2.24, 2.45) is 0 Å². The average Bonchev–Trinajstić information content (AvgIpc) is 2.54. The molecule has 0 aromatic heterocycles. The molecule has 0 radical (unpaired) electrons. The van der Waals surface area contributed by atoms with E-state index in [-0.39, 0.29) is 18.7 Å². The van der Waals surface area contributed by atoms with E-state index in [1.807, 2.05) is 30.3 Å². The molecule has 22 heavy (non-hydrogen) atoms. The summed E-state index contributed by atoms with van der Waals surface area (Å²) in [5.74, 6) is 3.95. The fraction of sp³-hybridized carbons (Fsp3) is 0.118. The molecule has 0 spiro atoms. The number of nitrogens with one attached hydrogen (secondary N) is 1. The Bertz CT molecular complexity index is 705. The maximum Gasteiger partial charge on any atom is 0.408 e. The van der Waals surface area contributed by atoms with Crippen LogP contribution in [0.2, 0.25) is 0 Å². The van der Waals surface area contributed by atoms with Crippen molar-refractivity contribution in [3.63, 3.8) is 0 Å². The highest BCUT2D eigenvalue weighted by Crippen LogP contribution is 2.19. The van der Waals surface area contributed by atoms with Crippen LogP contribution < -0.4 is 5.32 Å². The van der Waals surface area contributed by atoms with E-state index in [1.165, 1.54) is 12.1 Å². The molecular weight excluding hydrogens is 285 g/mol. The summed E-state index contributed by atoms with van der Waals surface area (Å²) in [5.41, 5.74) is 1.05. The van der Waals surface area contributed by atoms with Gasteiger partial charge in [0.05, 0.1) is 12.1 Å². The number of hydrogen-bond donors (Lipinski definition) is 2. The van der Waals surface area contributed by atoms with Gasteiger partial charge in [-0.2, -0.15) is 0 Å². The zero-order valence-electron chi connectivity index (χ0n) is 11.7. The van der Waals surface area contributed by atoms with Crippen LogP contribution in [0.3, 0.4) is 0 Å². The standard InChI is InChI=1S/C17H14FNO3/c18-15-10-4-8-14(16(15)20)9-5-11-19-17(21)22-12-13-6-2-1-3-7-13/h1-4,6-8,10,20H,11-12H2,(H,19,21). The predicted octanol–water partition coefficient (Wildman–Crippen LogP) is 2.81. The number of rotatable bonds is 3. The molecule has 0 saturated heterocycles. The number of halogens is 1. The highest BCUT2D eigenvalue weighted by Gasteiger charge is 2.03. The first-order chi connectivity index (χ1) is 10.7. The highest BCUT2D eigenvalue weighted by molar-refractivity contribution is 5.67. The van der Waals surface area contributed by atoms with Gasteiger partial charge in [-0.3, -0.25) is 0 Å². The summed E-state index contributed by atoms with van der Waals surface area (Å²) in [6.07, 6.45) is -0.596. The lowest BCUT2D eigenvalue weighted by molar-refractivity contribution is 0.141. The Balaban J connectivity index is 1.78. The Morgan fingerprint density at radius 2 is 1.95 bits per heavy atom. The summed E-state index contributed by atoms with van der Waals surface area (Å²) >= 11 is 0. The zero-order chi connectivity index (χ0) is 15.8. The molecule has 0 aliphatic heterocycles. The van der Waals surface area contributed by atoms with E-state index in [9.17, 15) is 14.3 Å². The number of phenols is 1. The molecule has 0 atom stereocenters. The second-order valence-electron chi connectivity index (χ2n) is 4.35. The van der Waals surface area contributed by atoms with E-state index in [0.717, 1.165) is 11.6 Å². The van der Waals surface area contributed by atoms with Gasteiger partial charge in [0, 0.05) is 0 Å². The molecule has 0 saturated carbocycles. The lowest BCUT2D eigenvalue weighted by Crippen LogP contribution is -2.24. The Hall–Kier alpha value is -3.00. The topological polar surface area (TPSA) is 58.6 Å². The van der Waals surface area contributed by atoms with Gasteiger partial charge in [-0.15, -0.1) is 0 Å². The van der Waals surface area contributed by atoms with Crippen molar-refractivity contribution in [1.29, 1.82) is 0 Å². The number of benzene rings is 2. The maximum absolute atomic E-state index is 13.1. The molecule has 0 bridgehead atoms. The van der Waals surface area contributed by atoms with Gasteiger partial charge in [-0.25, -0.2) is 9.18 Å². The summed E-state index contributed by atoms with van der Waals surface area (Å²) < 4.78 is 18.1. The molecule has 0 aliphatic rings. The lowest BCUT2D eigenvalue weighted by Gasteiger charge is -2.04. The van der Waals surface area contributed by atoms with Crippen molar-refractivity contribution >= 4 is 6.09 Å². The first-order valence-corrected chi connectivity index (χ1v) is 6.57. The van der Waals surface area contributed by atoms with Crippen LogP contribution >= 0.6 is 0 Å². The first-order valence-electron chi connectivity index (χ1n) is 6.57. The normalized spacial score (nSPS) is 9.50. The van der Waals surface area contributed by atoms with Gasteiger partial charge in [0.2, 0.25) is 0 Å². The van der Waals surface area contributed by atoms with Crippen molar-refractivity contribution in [2.45, 2.75) is 6.61 Å². The van der Waals surface area contributed by atoms with Crippen LogP contribution in [0.4, 0.5) is 9.18 Å². The van der Waals surface area contributed by atoms with E-state index in [0.29, 0.717) is 0 Å². The van der Waals surface area contributed by atoms with E-state index in [4.69, 9.17) is 4.74 Å². The molecule has 2 aromatic rings. The third kappa shape index (κ3) is 4.53. The number of amides is 1. The highest BCUT2D eigenvalue weighted by atomic mass is 19.1. The molecule has 2 aromatic carbocycles. The number of carbonyl (C=O) groups excluding carboxylic acids is 1. The molecule has 0 aliphatic carbocycles. The van der Waals surface area contributed by atoms with Crippen LogP contribution in [-0.2, 0) is 11.3 Å². The Kier molecular flexibility index (Phi) is 5.38. The molecule has 0 heterocycles. The van der Waals surface area contributed by atoms with Crippen LogP contribution in [0, 0.1) is 17.7 Å². The van der Waals surface area contributed by atoms with E-state index >= 15 is 0 Å².